The Balaban J connectivity index is 2.40. The van der Waals surface area contributed by atoms with Crippen molar-refractivity contribution < 1.29 is 8.78 Å². The lowest BCUT2D eigenvalue weighted by Crippen LogP contribution is -2.03. The van der Waals surface area contributed by atoms with E-state index in [1.165, 1.54) is 4.68 Å². The topological polar surface area (TPSA) is 55.9 Å². The summed E-state index contributed by atoms with van der Waals surface area (Å²) in [5.41, 5.74) is 7.13. The number of nitrogen functional groups attached to an aromatic ring is 1. The minimum atomic E-state index is -0.785. The molecule has 0 saturated carbocycles. The fourth-order valence-electron chi connectivity index (χ4n) is 1.95. The lowest BCUT2D eigenvalue weighted by molar-refractivity contribution is 0.586. The van der Waals surface area contributed by atoms with E-state index in [9.17, 15) is 8.78 Å². The van der Waals surface area contributed by atoms with E-state index in [0.29, 0.717) is 11.5 Å². The van der Waals surface area contributed by atoms with Crippen molar-refractivity contribution >= 4 is 28.8 Å². The van der Waals surface area contributed by atoms with Gasteiger partial charge in [-0.1, -0.05) is 24.9 Å². The summed E-state index contributed by atoms with van der Waals surface area (Å²) in [5.74, 6) is -1.09. The summed E-state index contributed by atoms with van der Waals surface area (Å²) in [4.78, 5) is 0. The second-order valence-corrected chi connectivity index (χ2v) is 4.86. The van der Waals surface area contributed by atoms with Crippen LogP contribution in [0.2, 0.25) is 5.02 Å². The van der Waals surface area contributed by atoms with Crippen molar-refractivity contribution in [3.8, 4) is 0 Å². The van der Waals surface area contributed by atoms with Crippen LogP contribution in [-0.2, 0) is 13.5 Å². The molecule has 2 rings (SSSR count). The van der Waals surface area contributed by atoms with E-state index in [2.05, 4.69) is 10.4 Å². The minimum Gasteiger partial charge on any atom is -0.394 e. The predicted molar refractivity (Wildman–Crippen MR) is 76.3 cm³/mol. The molecular weight excluding hydrogens is 286 g/mol. The SMILES string of the molecule is CCCc1nn(C)c(Nc2c(F)cc(F)cc2Cl)c1N. The Kier molecular flexibility index (Phi) is 4.13. The van der Waals surface area contributed by atoms with Crippen LogP contribution in [0.3, 0.4) is 0 Å². The van der Waals surface area contributed by atoms with Crippen molar-refractivity contribution in [3.05, 3.63) is 34.5 Å². The molecular formula is C13H15ClF2N4. The highest BCUT2D eigenvalue weighted by Gasteiger charge is 2.16. The number of aromatic nitrogens is 2. The Morgan fingerprint density at radius 1 is 1.40 bits per heavy atom. The second-order valence-electron chi connectivity index (χ2n) is 4.45. The number of benzene rings is 1. The molecule has 0 unspecified atom stereocenters. The van der Waals surface area contributed by atoms with Crippen molar-refractivity contribution in [1.82, 2.24) is 9.78 Å². The molecule has 7 heteroatoms. The van der Waals surface area contributed by atoms with E-state index in [1.807, 2.05) is 6.92 Å². The van der Waals surface area contributed by atoms with Gasteiger partial charge in [0.25, 0.3) is 0 Å². The van der Waals surface area contributed by atoms with Gasteiger partial charge >= 0.3 is 0 Å². The van der Waals surface area contributed by atoms with Crippen LogP contribution in [0.25, 0.3) is 0 Å². The third-order valence-electron chi connectivity index (χ3n) is 2.90. The standard InChI is InChI=1S/C13H15ClF2N4/c1-3-4-10-11(17)13(20(2)19-10)18-12-8(14)5-7(15)6-9(12)16/h5-6,18H,3-4,17H2,1-2H3. The monoisotopic (exact) mass is 300 g/mol. The van der Waals surface area contributed by atoms with Gasteiger partial charge in [0.1, 0.15) is 5.82 Å². The minimum absolute atomic E-state index is 0.0224. The Bertz CT molecular complexity index is 617. The maximum absolute atomic E-state index is 13.8. The van der Waals surface area contributed by atoms with Crippen LogP contribution in [0.15, 0.2) is 12.1 Å². The van der Waals surface area contributed by atoms with E-state index in [1.54, 1.807) is 7.05 Å². The number of rotatable bonds is 4. The zero-order valence-electron chi connectivity index (χ0n) is 11.2. The van der Waals surface area contributed by atoms with Crippen molar-refractivity contribution in [2.45, 2.75) is 19.8 Å². The van der Waals surface area contributed by atoms with Crippen LogP contribution < -0.4 is 11.1 Å². The van der Waals surface area contributed by atoms with Crippen LogP contribution in [0, 0.1) is 11.6 Å². The Morgan fingerprint density at radius 3 is 2.70 bits per heavy atom. The summed E-state index contributed by atoms with van der Waals surface area (Å²) in [5, 5.41) is 6.99. The fraction of sp³-hybridized carbons (Fsp3) is 0.308. The molecule has 20 heavy (non-hydrogen) atoms. The molecule has 0 spiro atoms. The third kappa shape index (κ3) is 2.70. The van der Waals surface area contributed by atoms with Gasteiger partial charge in [-0.3, -0.25) is 4.68 Å². The summed E-state index contributed by atoms with van der Waals surface area (Å²) in [6.07, 6.45) is 1.62. The molecule has 0 aliphatic heterocycles. The molecule has 0 aliphatic rings. The van der Waals surface area contributed by atoms with Gasteiger partial charge in [-0.15, -0.1) is 0 Å². The average Bonchev–Trinajstić information content (AvgIpc) is 2.61. The van der Waals surface area contributed by atoms with Crippen LogP contribution in [0.1, 0.15) is 19.0 Å². The Morgan fingerprint density at radius 2 is 2.10 bits per heavy atom. The predicted octanol–water partition coefficient (Wildman–Crippen LogP) is 3.63. The molecule has 1 aromatic heterocycles. The molecule has 2 aromatic rings. The van der Waals surface area contributed by atoms with E-state index in [0.717, 1.165) is 30.7 Å². The zero-order valence-corrected chi connectivity index (χ0v) is 11.9. The number of halogens is 3. The lowest BCUT2D eigenvalue weighted by Gasteiger charge is -2.10. The van der Waals surface area contributed by atoms with Gasteiger partial charge in [0.05, 0.1) is 22.1 Å². The first-order valence-corrected chi connectivity index (χ1v) is 6.54. The number of anilines is 3. The molecule has 0 atom stereocenters. The summed E-state index contributed by atoms with van der Waals surface area (Å²) in [6.45, 7) is 2.01. The lowest BCUT2D eigenvalue weighted by atomic mass is 10.2. The Hall–Kier alpha value is -1.82. The summed E-state index contributed by atoms with van der Waals surface area (Å²) < 4.78 is 28.3. The largest absolute Gasteiger partial charge is 0.394 e. The number of hydrogen-bond acceptors (Lipinski definition) is 3. The zero-order chi connectivity index (χ0) is 14.9. The van der Waals surface area contributed by atoms with Crippen LogP contribution in [0.5, 0.6) is 0 Å². The maximum Gasteiger partial charge on any atom is 0.152 e. The Labute approximate surface area is 120 Å². The first-order chi connectivity index (χ1) is 9.43. The van der Waals surface area contributed by atoms with Gasteiger partial charge in [-0.25, -0.2) is 8.78 Å². The highest BCUT2D eigenvalue weighted by atomic mass is 35.5. The highest BCUT2D eigenvalue weighted by molar-refractivity contribution is 6.33. The molecule has 0 fully saturated rings. The molecule has 0 radical (unpaired) electrons. The van der Waals surface area contributed by atoms with Gasteiger partial charge in [0, 0.05) is 13.1 Å². The number of aryl methyl sites for hydroxylation is 2. The average molecular weight is 301 g/mol. The van der Waals surface area contributed by atoms with Gasteiger partial charge in [0.2, 0.25) is 0 Å². The van der Waals surface area contributed by atoms with Crippen molar-refractivity contribution in [3.63, 3.8) is 0 Å². The fourth-order valence-corrected chi connectivity index (χ4v) is 2.19. The molecule has 1 heterocycles. The highest BCUT2D eigenvalue weighted by Crippen LogP contribution is 2.32. The van der Waals surface area contributed by atoms with Crippen molar-refractivity contribution in [2.24, 2.45) is 7.05 Å². The van der Waals surface area contributed by atoms with Gasteiger partial charge in [0.15, 0.2) is 11.6 Å². The molecule has 0 amide bonds. The molecule has 0 bridgehead atoms. The number of nitrogens with one attached hydrogen (secondary N) is 1. The third-order valence-corrected chi connectivity index (χ3v) is 3.20. The molecule has 4 nitrogen and oxygen atoms in total. The summed E-state index contributed by atoms with van der Waals surface area (Å²) in [7, 11) is 1.69. The number of hydrogen-bond donors (Lipinski definition) is 2. The molecule has 0 aliphatic carbocycles. The van der Waals surface area contributed by atoms with E-state index in [4.69, 9.17) is 17.3 Å². The molecule has 0 saturated heterocycles. The normalized spacial score (nSPS) is 10.8. The van der Waals surface area contributed by atoms with E-state index >= 15 is 0 Å². The van der Waals surface area contributed by atoms with Crippen LogP contribution >= 0.6 is 11.6 Å². The van der Waals surface area contributed by atoms with Crippen LogP contribution in [0.4, 0.5) is 26.0 Å². The number of nitrogens with two attached hydrogens (primary N) is 1. The van der Waals surface area contributed by atoms with Gasteiger partial charge in [-0.2, -0.15) is 5.10 Å². The van der Waals surface area contributed by atoms with E-state index < -0.39 is 11.6 Å². The van der Waals surface area contributed by atoms with Gasteiger partial charge in [-0.05, 0) is 12.5 Å². The first kappa shape index (κ1) is 14.6. The smallest absolute Gasteiger partial charge is 0.152 e. The molecule has 1 aromatic carbocycles. The van der Waals surface area contributed by atoms with E-state index in [-0.39, 0.29) is 10.7 Å². The molecule has 3 N–H and O–H groups in total. The van der Waals surface area contributed by atoms with Crippen molar-refractivity contribution in [2.75, 3.05) is 11.1 Å². The first-order valence-electron chi connectivity index (χ1n) is 6.17. The summed E-state index contributed by atoms with van der Waals surface area (Å²) >= 11 is 5.84. The summed E-state index contributed by atoms with van der Waals surface area (Å²) in [6, 6.07) is 1.79. The van der Waals surface area contributed by atoms with Gasteiger partial charge < -0.3 is 11.1 Å². The second kappa shape index (κ2) is 5.66. The maximum atomic E-state index is 13.8. The van der Waals surface area contributed by atoms with Crippen molar-refractivity contribution in [1.29, 1.82) is 0 Å². The quantitative estimate of drug-likeness (QED) is 0.906. The number of nitrogens with zero attached hydrogens (tertiary/aromatic N) is 2. The molecule has 108 valence electrons. The van der Waals surface area contributed by atoms with Crippen LogP contribution in [-0.4, -0.2) is 9.78 Å².